The van der Waals surface area contributed by atoms with Crippen LogP contribution in [0.5, 0.6) is 0 Å². The highest BCUT2D eigenvalue weighted by atomic mass is 35.5. The molecule has 1 aliphatic rings. The number of carbonyl (C=O) groups is 2. The Morgan fingerprint density at radius 3 is 2.75 bits per heavy atom. The van der Waals surface area contributed by atoms with Gasteiger partial charge < -0.3 is 14.5 Å². The molecule has 1 fully saturated rings. The van der Waals surface area contributed by atoms with Crippen LogP contribution in [0.15, 0.2) is 4.52 Å². The molecule has 0 aliphatic carbocycles. The number of carboxylic acids is 1. The number of aliphatic carboxylic acids is 1. The Kier molecular flexibility index (Phi) is 4.04. The van der Waals surface area contributed by atoms with E-state index in [4.69, 9.17) is 21.2 Å². The van der Waals surface area contributed by atoms with Gasteiger partial charge in [0, 0.05) is 25.1 Å². The molecular formula is C13H17ClN2O4. The van der Waals surface area contributed by atoms with E-state index in [1.165, 1.54) is 0 Å². The predicted molar refractivity (Wildman–Crippen MR) is 71.5 cm³/mol. The van der Waals surface area contributed by atoms with Gasteiger partial charge in [-0.25, -0.2) is 0 Å². The third-order valence-electron chi connectivity index (χ3n) is 3.87. The predicted octanol–water partition coefficient (Wildman–Crippen LogP) is 1.89. The van der Waals surface area contributed by atoms with E-state index in [0.717, 1.165) is 5.56 Å². The van der Waals surface area contributed by atoms with Gasteiger partial charge >= 0.3 is 5.97 Å². The normalized spacial score (nSPS) is 22.2. The van der Waals surface area contributed by atoms with E-state index in [1.54, 1.807) is 18.7 Å². The Balaban J connectivity index is 1.93. The zero-order valence-electron chi connectivity index (χ0n) is 11.5. The van der Waals surface area contributed by atoms with E-state index in [9.17, 15) is 9.59 Å². The van der Waals surface area contributed by atoms with Gasteiger partial charge in [0.1, 0.15) is 0 Å². The monoisotopic (exact) mass is 300 g/mol. The van der Waals surface area contributed by atoms with Crippen molar-refractivity contribution in [1.29, 1.82) is 0 Å². The number of likely N-dealkylation sites (tertiary alicyclic amines) is 1. The van der Waals surface area contributed by atoms with Gasteiger partial charge in [0.2, 0.25) is 11.1 Å². The van der Waals surface area contributed by atoms with Gasteiger partial charge in [-0.05, 0) is 38.3 Å². The zero-order chi connectivity index (χ0) is 14.9. The molecule has 1 atom stereocenters. The number of carbonyl (C=O) groups excluding carboxylic acids is 1. The number of nitrogens with zero attached hydrogens (tertiary/aromatic N) is 2. The fourth-order valence-electron chi connectivity index (χ4n) is 2.38. The number of rotatable bonds is 4. The van der Waals surface area contributed by atoms with Gasteiger partial charge in [0.05, 0.1) is 11.1 Å². The molecule has 7 heteroatoms. The average molecular weight is 301 g/mol. The summed E-state index contributed by atoms with van der Waals surface area (Å²) >= 11 is 5.84. The van der Waals surface area contributed by atoms with Crippen LogP contribution in [0.2, 0.25) is 5.22 Å². The summed E-state index contributed by atoms with van der Waals surface area (Å²) in [4.78, 5) is 24.9. The molecule has 0 aromatic carbocycles. The molecule has 1 aromatic rings. The Bertz CT molecular complexity index is 523. The van der Waals surface area contributed by atoms with Crippen molar-refractivity contribution < 1.29 is 19.2 Å². The number of carboxylic acid groups (broad SMARTS) is 1. The Morgan fingerprint density at radius 1 is 1.55 bits per heavy atom. The van der Waals surface area contributed by atoms with Gasteiger partial charge in [-0.1, -0.05) is 5.16 Å². The second-order valence-corrected chi connectivity index (χ2v) is 5.79. The number of amides is 1. The summed E-state index contributed by atoms with van der Waals surface area (Å²) in [6.07, 6.45) is 1.21. The molecule has 2 heterocycles. The standard InChI is InChI=1S/C13H17ClN2O4/c1-8-9(11(14)20-15-8)3-4-10(17)16-6-5-13(2,7-16)12(18)19/h3-7H2,1-2H3,(H,18,19). The molecule has 2 rings (SSSR count). The molecule has 1 aliphatic heterocycles. The number of hydrogen-bond acceptors (Lipinski definition) is 4. The highest BCUT2D eigenvalue weighted by molar-refractivity contribution is 6.29. The molecule has 0 spiro atoms. The van der Waals surface area contributed by atoms with E-state index in [2.05, 4.69) is 5.16 Å². The minimum absolute atomic E-state index is 0.0633. The fourth-order valence-corrected chi connectivity index (χ4v) is 2.64. The van der Waals surface area contributed by atoms with Crippen LogP contribution in [-0.4, -0.2) is 40.1 Å². The Labute approximate surface area is 121 Å². The molecule has 0 radical (unpaired) electrons. The van der Waals surface area contributed by atoms with Crippen molar-refractivity contribution >= 4 is 23.5 Å². The highest BCUT2D eigenvalue weighted by Gasteiger charge is 2.41. The van der Waals surface area contributed by atoms with E-state index >= 15 is 0 Å². The van der Waals surface area contributed by atoms with Crippen LogP contribution in [0.1, 0.15) is 31.0 Å². The summed E-state index contributed by atoms with van der Waals surface area (Å²) in [5.41, 5.74) is 0.584. The summed E-state index contributed by atoms with van der Waals surface area (Å²) in [6.45, 7) is 4.19. The number of aromatic nitrogens is 1. The fraction of sp³-hybridized carbons (Fsp3) is 0.615. The largest absolute Gasteiger partial charge is 0.481 e. The van der Waals surface area contributed by atoms with Gasteiger partial charge in [0.15, 0.2) is 0 Å². The number of hydrogen-bond donors (Lipinski definition) is 1. The first-order valence-corrected chi connectivity index (χ1v) is 6.83. The van der Waals surface area contributed by atoms with E-state index < -0.39 is 11.4 Å². The van der Waals surface area contributed by atoms with Crippen LogP contribution in [0, 0.1) is 12.3 Å². The van der Waals surface area contributed by atoms with Crippen molar-refractivity contribution in [3.05, 3.63) is 16.5 Å². The van der Waals surface area contributed by atoms with Crippen LogP contribution in [-0.2, 0) is 16.0 Å². The van der Waals surface area contributed by atoms with Crippen molar-refractivity contribution in [2.75, 3.05) is 13.1 Å². The zero-order valence-corrected chi connectivity index (χ0v) is 12.2. The van der Waals surface area contributed by atoms with Crippen molar-refractivity contribution in [3.63, 3.8) is 0 Å². The lowest BCUT2D eigenvalue weighted by atomic mass is 9.90. The maximum absolute atomic E-state index is 12.1. The van der Waals surface area contributed by atoms with Crippen LogP contribution in [0.25, 0.3) is 0 Å². The molecule has 1 saturated heterocycles. The lowest BCUT2D eigenvalue weighted by Gasteiger charge is -2.20. The van der Waals surface area contributed by atoms with Crippen molar-refractivity contribution in [2.24, 2.45) is 5.41 Å². The quantitative estimate of drug-likeness (QED) is 0.918. The van der Waals surface area contributed by atoms with Crippen LogP contribution in [0.4, 0.5) is 0 Å². The molecular weight excluding hydrogens is 284 g/mol. The minimum Gasteiger partial charge on any atom is -0.481 e. The summed E-state index contributed by atoms with van der Waals surface area (Å²) in [5, 5.41) is 13.1. The van der Waals surface area contributed by atoms with E-state index in [-0.39, 0.29) is 24.1 Å². The Morgan fingerprint density at radius 2 is 2.25 bits per heavy atom. The van der Waals surface area contributed by atoms with Gasteiger partial charge in [-0.2, -0.15) is 0 Å². The van der Waals surface area contributed by atoms with Crippen molar-refractivity contribution in [2.45, 2.75) is 33.1 Å². The second-order valence-electron chi connectivity index (χ2n) is 5.45. The molecule has 0 bridgehead atoms. The Hall–Kier alpha value is -1.56. The molecule has 110 valence electrons. The lowest BCUT2D eigenvalue weighted by molar-refractivity contribution is -0.147. The van der Waals surface area contributed by atoms with Gasteiger partial charge in [-0.3, -0.25) is 9.59 Å². The van der Waals surface area contributed by atoms with Crippen LogP contribution >= 0.6 is 11.6 Å². The minimum atomic E-state index is -0.856. The SMILES string of the molecule is Cc1noc(Cl)c1CCC(=O)N1CCC(C)(C(=O)O)C1. The summed E-state index contributed by atoms with van der Waals surface area (Å²) < 4.78 is 4.83. The number of aryl methyl sites for hydroxylation is 1. The first-order chi connectivity index (χ1) is 9.33. The lowest BCUT2D eigenvalue weighted by Crippen LogP contribution is -2.34. The van der Waals surface area contributed by atoms with E-state index in [0.29, 0.717) is 25.1 Å². The third kappa shape index (κ3) is 2.80. The first-order valence-electron chi connectivity index (χ1n) is 6.45. The van der Waals surface area contributed by atoms with Gasteiger partial charge in [0.25, 0.3) is 0 Å². The van der Waals surface area contributed by atoms with Crippen molar-refractivity contribution in [1.82, 2.24) is 10.1 Å². The molecule has 1 aromatic heterocycles. The summed E-state index contributed by atoms with van der Waals surface area (Å²) in [6, 6.07) is 0. The molecule has 1 amide bonds. The average Bonchev–Trinajstić information content (AvgIpc) is 2.93. The molecule has 20 heavy (non-hydrogen) atoms. The second kappa shape index (κ2) is 5.44. The number of halogens is 1. The van der Waals surface area contributed by atoms with Crippen molar-refractivity contribution in [3.8, 4) is 0 Å². The smallest absolute Gasteiger partial charge is 0.311 e. The van der Waals surface area contributed by atoms with Crippen LogP contribution in [0.3, 0.4) is 0 Å². The topological polar surface area (TPSA) is 83.6 Å². The molecule has 1 N–H and O–H groups in total. The first kappa shape index (κ1) is 14.8. The highest BCUT2D eigenvalue weighted by Crippen LogP contribution is 2.30. The van der Waals surface area contributed by atoms with Gasteiger partial charge in [-0.15, -0.1) is 0 Å². The van der Waals surface area contributed by atoms with E-state index in [1.807, 2.05) is 0 Å². The maximum atomic E-state index is 12.1. The van der Waals surface area contributed by atoms with Crippen LogP contribution < -0.4 is 0 Å². The molecule has 0 saturated carbocycles. The molecule has 6 nitrogen and oxygen atoms in total. The maximum Gasteiger partial charge on any atom is 0.311 e. The third-order valence-corrected chi connectivity index (χ3v) is 4.17. The summed E-state index contributed by atoms with van der Waals surface area (Å²) in [7, 11) is 0. The molecule has 1 unspecified atom stereocenters. The summed E-state index contributed by atoms with van der Waals surface area (Å²) in [5.74, 6) is -0.919.